The van der Waals surface area contributed by atoms with Gasteiger partial charge in [0.1, 0.15) is 0 Å². The number of hydrogen-bond acceptors (Lipinski definition) is 2. The molecule has 0 N–H and O–H groups in total. The summed E-state index contributed by atoms with van der Waals surface area (Å²) in [7, 11) is 0. The highest BCUT2D eigenvalue weighted by Gasteiger charge is 2.36. The molecular weight excluding hydrogens is 312 g/mol. The van der Waals surface area contributed by atoms with Gasteiger partial charge < -0.3 is 9.80 Å². The lowest BCUT2D eigenvalue weighted by Crippen LogP contribution is -2.38. The van der Waals surface area contributed by atoms with E-state index >= 15 is 0 Å². The van der Waals surface area contributed by atoms with E-state index in [2.05, 4.69) is 32.9 Å². The predicted molar refractivity (Wildman–Crippen MR) is 103 cm³/mol. The second-order valence-electron chi connectivity index (χ2n) is 6.96. The number of hydrogen-bond donors (Lipinski definition) is 0. The van der Waals surface area contributed by atoms with Crippen molar-refractivity contribution in [2.24, 2.45) is 5.92 Å². The van der Waals surface area contributed by atoms with E-state index < -0.39 is 0 Å². The van der Waals surface area contributed by atoms with Crippen LogP contribution in [0.5, 0.6) is 0 Å². The lowest BCUT2D eigenvalue weighted by Gasteiger charge is -2.25. The Labute approximate surface area is 152 Å². The van der Waals surface area contributed by atoms with E-state index in [1.54, 1.807) is 4.90 Å². The molecule has 1 aliphatic rings. The van der Waals surface area contributed by atoms with Crippen LogP contribution in [0.3, 0.4) is 0 Å². The highest BCUT2D eigenvalue weighted by molar-refractivity contribution is 6.00. The highest BCUT2D eigenvalue weighted by Crippen LogP contribution is 2.27. The van der Waals surface area contributed by atoms with E-state index in [0.717, 1.165) is 50.9 Å². The summed E-state index contributed by atoms with van der Waals surface area (Å²) < 4.78 is 0. The van der Waals surface area contributed by atoms with E-state index in [4.69, 9.17) is 0 Å². The van der Waals surface area contributed by atoms with Crippen LogP contribution in [0.1, 0.15) is 58.4 Å². The van der Waals surface area contributed by atoms with Crippen molar-refractivity contribution < 1.29 is 9.59 Å². The van der Waals surface area contributed by atoms with Gasteiger partial charge in [0.2, 0.25) is 11.8 Å². The van der Waals surface area contributed by atoms with Crippen LogP contribution in [-0.2, 0) is 16.0 Å². The molecule has 1 saturated heterocycles. The number of anilines is 1. The summed E-state index contributed by atoms with van der Waals surface area (Å²) in [5, 5.41) is 0. The fourth-order valence-electron chi connectivity index (χ4n) is 3.32. The van der Waals surface area contributed by atoms with Gasteiger partial charge in [0.25, 0.3) is 0 Å². The average molecular weight is 344 g/mol. The molecule has 0 aliphatic carbocycles. The van der Waals surface area contributed by atoms with Crippen molar-refractivity contribution in [3.8, 4) is 0 Å². The molecule has 0 saturated carbocycles. The molecule has 1 aliphatic heterocycles. The van der Waals surface area contributed by atoms with E-state index in [1.807, 2.05) is 17.0 Å². The van der Waals surface area contributed by atoms with Crippen LogP contribution in [0.2, 0.25) is 0 Å². The molecule has 1 fully saturated rings. The topological polar surface area (TPSA) is 40.6 Å². The second-order valence-corrected chi connectivity index (χ2v) is 6.96. The van der Waals surface area contributed by atoms with Gasteiger partial charge in [0.15, 0.2) is 0 Å². The predicted octanol–water partition coefficient (Wildman–Crippen LogP) is 4.03. The number of carbonyl (C=O) groups excluding carboxylic acids is 2. The molecule has 138 valence electrons. The van der Waals surface area contributed by atoms with E-state index in [1.165, 1.54) is 5.56 Å². The molecule has 0 spiro atoms. The largest absolute Gasteiger partial charge is 0.342 e. The Hall–Kier alpha value is -1.84. The molecule has 1 heterocycles. The molecule has 1 atom stereocenters. The van der Waals surface area contributed by atoms with Gasteiger partial charge in [-0.25, -0.2) is 0 Å². The molecule has 25 heavy (non-hydrogen) atoms. The molecule has 4 heteroatoms. The third-order valence-electron chi connectivity index (χ3n) is 5.01. The molecule has 2 amide bonds. The van der Waals surface area contributed by atoms with Crippen LogP contribution < -0.4 is 4.90 Å². The molecule has 0 unspecified atom stereocenters. The summed E-state index contributed by atoms with van der Waals surface area (Å²) in [6, 6.07) is 8.12. The van der Waals surface area contributed by atoms with Gasteiger partial charge in [-0.15, -0.1) is 0 Å². The Morgan fingerprint density at radius 3 is 2.20 bits per heavy atom. The number of aryl methyl sites for hydroxylation is 1. The summed E-state index contributed by atoms with van der Waals surface area (Å²) in [5.74, 6) is 0.0172. The smallest absolute Gasteiger partial charge is 0.228 e. The van der Waals surface area contributed by atoms with Crippen LogP contribution in [0.4, 0.5) is 5.69 Å². The second kappa shape index (κ2) is 9.59. The molecule has 2 rings (SSSR count). The summed E-state index contributed by atoms with van der Waals surface area (Å²) in [4.78, 5) is 29.1. The Bertz CT molecular complexity index is 560. The summed E-state index contributed by atoms with van der Waals surface area (Å²) >= 11 is 0. The molecule has 1 aromatic carbocycles. The van der Waals surface area contributed by atoms with E-state index in [0.29, 0.717) is 13.0 Å². The number of nitrogens with zero attached hydrogens (tertiary/aromatic N) is 2. The van der Waals surface area contributed by atoms with Crippen LogP contribution in [-0.4, -0.2) is 36.3 Å². The van der Waals surface area contributed by atoms with Crippen LogP contribution in [0, 0.1) is 5.92 Å². The Morgan fingerprint density at radius 1 is 1.08 bits per heavy atom. The number of amides is 2. The summed E-state index contributed by atoms with van der Waals surface area (Å²) in [5.41, 5.74) is 2.17. The Kier molecular flexibility index (Phi) is 7.48. The van der Waals surface area contributed by atoms with Gasteiger partial charge in [0.05, 0.1) is 5.92 Å². The molecule has 4 nitrogen and oxygen atoms in total. The number of benzene rings is 1. The molecule has 1 aromatic rings. The van der Waals surface area contributed by atoms with Gasteiger partial charge >= 0.3 is 0 Å². The van der Waals surface area contributed by atoms with Crippen LogP contribution in [0.25, 0.3) is 0 Å². The van der Waals surface area contributed by atoms with E-state index in [9.17, 15) is 9.59 Å². The zero-order chi connectivity index (χ0) is 18.2. The van der Waals surface area contributed by atoms with Crippen LogP contribution >= 0.6 is 0 Å². The van der Waals surface area contributed by atoms with Gasteiger partial charge in [-0.05, 0) is 37.0 Å². The van der Waals surface area contributed by atoms with Crippen molar-refractivity contribution in [3.63, 3.8) is 0 Å². The van der Waals surface area contributed by atoms with Crippen molar-refractivity contribution in [1.82, 2.24) is 4.90 Å². The molecular formula is C21H32N2O2. The zero-order valence-corrected chi connectivity index (χ0v) is 16.0. The summed E-state index contributed by atoms with van der Waals surface area (Å²) in [6.45, 7) is 8.53. The first-order valence-corrected chi connectivity index (χ1v) is 9.78. The minimum absolute atomic E-state index is 0.0635. The number of carbonyl (C=O) groups is 2. The van der Waals surface area contributed by atoms with E-state index in [-0.39, 0.29) is 17.7 Å². The Balaban J connectivity index is 2.04. The van der Waals surface area contributed by atoms with Crippen molar-refractivity contribution in [2.75, 3.05) is 24.5 Å². The van der Waals surface area contributed by atoms with Crippen LogP contribution in [0.15, 0.2) is 24.3 Å². The van der Waals surface area contributed by atoms with Gasteiger partial charge in [0, 0.05) is 31.7 Å². The SMILES string of the molecule is CCCCN(CCCC)C(=O)[C@H]1CC(=O)N(c2ccc(CC)cc2)C1. The monoisotopic (exact) mass is 344 g/mol. The minimum Gasteiger partial charge on any atom is -0.342 e. The third-order valence-corrected chi connectivity index (χ3v) is 5.01. The zero-order valence-electron chi connectivity index (χ0n) is 16.0. The summed E-state index contributed by atoms with van der Waals surface area (Å²) in [6.07, 6.45) is 5.53. The quantitative estimate of drug-likeness (QED) is 0.678. The fraction of sp³-hybridized carbons (Fsp3) is 0.619. The molecule has 0 bridgehead atoms. The first-order chi connectivity index (χ1) is 12.1. The van der Waals surface area contributed by atoms with Crippen molar-refractivity contribution >= 4 is 17.5 Å². The number of rotatable bonds is 9. The van der Waals surface area contributed by atoms with Gasteiger partial charge in [-0.1, -0.05) is 45.7 Å². The normalized spacial score (nSPS) is 17.2. The first-order valence-electron chi connectivity index (χ1n) is 9.78. The Morgan fingerprint density at radius 2 is 1.68 bits per heavy atom. The van der Waals surface area contributed by atoms with Crippen molar-refractivity contribution in [3.05, 3.63) is 29.8 Å². The van der Waals surface area contributed by atoms with Crippen molar-refractivity contribution in [2.45, 2.75) is 59.3 Å². The van der Waals surface area contributed by atoms with Crippen molar-refractivity contribution in [1.29, 1.82) is 0 Å². The highest BCUT2D eigenvalue weighted by atomic mass is 16.2. The first kappa shape index (κ1) is 19.5. The molecule has 0 radical (unpaired) electrons. The maximum absolute atomic E-state index is 12.9. The average Bonchev–Trinajstić information content (AvgIpc) is 3.03. The third kappa shape index (κ3) is 5.07. The standard InChI is InChI=1S/C21H32N2O2/c1-4-7-13-22(14-8-5-2)21(25)18-15-20(24)23(16-18)19-11-9-17(6-3)10-12-19/h9-12,18H,4-8,13-16H2,1-3H3/t18-/m0/s1. The van der Waals surface area contributed by atoms with Gasteiger partial charge in [-0.2, -0.15) is 0 Å². The maximum atomic E-state index is 12.9. The molecule has 0 aromatic heterocycles. The maximum Gasteiger partial charge on any atom is 0.228 e. The number of unbranched alkanes of at least 4 members (excludes halogenated alkanes) is 2. The van der Waals surface area contributed by atoms with Gasteiger partial charge in [-0.3, -0.25) is 9.59 Å². The minimum atomic E-state index is -0.202. The lowest BCUT2D eigenvalue weighted by atomic mass is 10.1. The fourth-order valence-corrected chi connectivity index (χ4v) is 3.32. The lowest BCUT2D eigenvalue weighted by molar-refractivity contribution is -0.136.